The lowest BCUT2D eigenvalue weighted by atomic mass is 9.98. The molecule has 14 nitrogen and oxygen atoms in total. The SMILES string of the molecule is COCC(=O)Nc1ccn([C@@H]2O[C@H](CO[P@@](=O)(N[C@@H](C)C(=O)OC(C)C)Oc3ccccc3)[C@@H](O)[C@@]2(C)F)c(=O)n1. The summed E-state index contributed by atoms with van der Waals surface area (Å²) in [5.41, 5.74) is -3.49. The van der Waals surface area contributed by atoms with Gasteiger partial charge in [0.05, 0.1) is 12.7 Å². The Hall–Kier alpha value is -3.20. The zero-order valence-corrected chi connectivity index (χ0v) is 24.1. The molecule has 3 rings (SSSR count). The average molecular weight is 601 g/mol. The van der Waals surface area contributed by atoms with Crippen LogP contribution < -0.4 is 20.6 Å². The van der Waals surface area contributed by atoms with E-state index in [1.807, 2.05) is 0 Å². The van der Waals surface area contributed by atoms with Crippen molar-refractivity contribution in [2.24, 2.45) is 0 Å². The molecule has 0 spiro atoms. The summed E-state index contributed by atoms with van der Waals surface area (Å²) in [6.45, 7) is 4.79. The van der Waals surface area contributed by atoms with Gasteiger partial charge in [-0.25, -0.2) is 13.8 Å². The molecule has 1 fully saturated rings. The number of rotatable bonds is 13. The molecule has 16 heteroatoms. The largest absolute Gasteiger partial charge is 0.462 e. The number of carbonyl (C=O) groups excluding carboxylic acids is 2. The molecule has 1 aliphatic heterocycles. The predicted molar refractivity (Wildman–Crippen MR) is 143 cm³/mol. The van der Waals surface area contributed by atoms with Gasteiger partial charge in [-0.15, -0.1) is 0 Å². The highest BCUT2D eigenvalue weighted by Gasteiger charge is 2.56. The van der Waals surface area contributed by atoms with Gasteiger partial charge < -0.3 is 29.2 Å². The lowest BCUT2D eigenvalue weighted by Crippen LogP contribution is -2.43. The van der Waals surface area contributed by atoms with Gasteiger partial charge in [0.1, 0.15) is 36.4 Å². The number of methoxy groups -OCH3 is 1. The smallest absolute Gasteiger partial charge is 0.459 e. The van der Waals surface area contributed by atoms with Crippen LogP contribution in [0.5, 0.6) is 5.75 Å². The Morgan fingerprint density at radius 3 is 2.54 bits per heavy atom. The number of hydrogen-bond acceptors (Lipinski definition) is 11. The number of nitrogens with one attached hydrogen (secondary N) is 2. The van der Waals surface area contributed by atoms with Crippen LogP contribution in [0.15, 0.2) is 47.4 Å². The Kier molecular flexibility index (Phi) is 10.8. The summed E-state index contributed by atoms with van der Waals surface area (Å²) in [7, 11) is -3.02. The van der Waals surface area contributed by atoms with E-state index in [2.05, 4.69) is 15.4 Å². The maximum absolute atomic E-state index is 15.7. The zero-order chi connectivity index (χ0) is 30.4. The van der Waals surface area contributed by atoms with Gasteiger partial charge in [-0.2, -0.15) is 10.1 Å². The van der Waals surface area contributed by atoms with E-state index < -0.39 is 68.2 Å². The highest BCUT2D eigenvalue weighted by atomic mass is 31.2. The summed E-state index contributed by atoms with van der Waals surface area (Å²) in [4.78, 5) is 40.4. The lowest BCUT2D eigenvalue weighted by molar-refractivity contribution is -0.149. The number of nitrogens with zero attached hydrogens (tertiary/aromatic N) is 2. The summed E-state index contributed by atoms with van der Waals surface area (Å²) < 4.78 is 56.7. The number of hydrogen-bond donors (Lipinski definition) is 3. The minimum absolute atomic E-state index is 0.0949. The Morgan fingerprint density at radius 1 is 1.24 bits per heavy atom. The average Bonchev–Trinajstić information content (AvgIpc) is 3.11. The molecule has 1 amide bonds. The molecule has 1 aromatic carbocycles. The summed E-state index contributed by atoms with van der Waals surface area (Å²) in [6, 6.07) is 8.08. The van der Waals surface area contributed by atoms with Crippen LogP contribution in [-0.2, 0) is 32.9 Å². The van der Waals surface area contributed by atoms with Gasteiger partial charge in [0.25, 0.3) is 5.91 Å². The monoisotopic (exact) mass is 600 g/mol. The molecule has 226 valence electrons. The molecule has 0 aliphatic carbocycles. The summed E-state index contributed by atoms with van der Waals surface area (Å²) in [5.74, 6) is -1.23. The van der Waals surface area contributed by atoms with Crippen LogP contribution in [0.2, 0.25) is 0 Å². The van der Waals surface area contributed by atoms with E-state index in [-0.39, 0.29) is 18.2 Å². The van der Waals surface area contributed by atoms with Gasteiger partial charge in [-0.1, -0.05) is 18.2 Å². The second-order valence-electron chi connectivity index (χ2n) is 9.64. The molecule has 0 saturated carbocycles. The van der Waals surface area contributed by atoms with Crippen LogP contribution in [-0.4, -0.2) is 76.9 Å². The van der Waals surface area contributed by atoms with Gasteiger partial charge >= 0.3 is 19.4 Å². The van der Waals surface area contributed by atoms with Crippen LogP contribution in [0.1, 0.15) is 33.9 Å². The normalized spacial score (nSPS) is 24.4. The topological polar surface area (TPSA) is 177 Å². The molecular formula is C25H34FN4O10P. The number of benzene rings is 1. The maximum Gasteiger partial charge on any atom is 0.459 e. The van der Waals surface area contributed by atoms with Crippen molar-refractivity contribution in [3.63, 3.8) is 0 Å². The Labute approximate surface area is 235 Å². The summed E-state index contributed by atoms with van der Waals surface area (Å²) in [6.07, 6.45) is -4.21. The Morgan fingerprint density at radius 2 is 1.93 bits per heavy atom. The first-order valence-corrected chi connectivity index (χ1v) is 14.2. The first kappa shape index (κ1) is 32.3. The maximum atomic E-state index is 15.7. The molecule has 0 unspecified atom stereocenters. The molecule has 6 atom stereocenters. The minimum atomic E-state index is -4.34. The van der Waals surface area contributed by atoms with Crippen LogP contribution in [0, 0.1) is 0 Å². The first-order valence-electron chi connectivity index (χ1n) is 12.6. The number of amides is 1. The van der Waals surface area contributed by atoms with Crippen molar-refractivity contribution < 1.29 is 46.9 Å². The number of halogens is 1. The molecule has 1 aromatic heterocycles. The van der Waals surface area contributed by atoms with Gasteiger partial charge in [-0.3, -0.25) is 18.7 Å². The number of alkyl halides is 1. The molecule has 0 bridgehead atoms. The van der Waals surface area contributed by atoms with Crippen LogP contribution in [0.4, 0.5) is 10.2 Å². The fourth-order valence-corrected chi connectivity index (χ4v) is 5.33. The van der Waals surface area contributed by atoms with Crippen LogP contribution in [0.25, 0.3) is 0 Å². The highest BCUT2D eigenvalue weighted by molar-refractivity contribution is 7.52. The van der Waals surface area contributed by atoms with Crippen molar-refractivity contribution in [2.45, 2.75) is 63.9 Å². The number of esters is 1. The molecule has 0 radical (unpaired) electrons. The Bertz CT molecular complexity index is 1310. The van der Waals surface area contributed by atoms with Crippen molar-refractivity contribution in [1.82, 2.24) is 14.6 Å². The molecule has 2 heterocycles. The van der Waals surface area contributed by atoms with E-state index in [0.717, 1.165) is 17.7 Å². The number of aliphatic hydroxyl groups excluding tert-OH is 1. The predicted octanol–water partition coefficient (Wildman–Crippen LogP) is 1.95. The summed E-state index contributed by atoms with van der Waals surface area (Å²) >= 11 is 0. The number of carbonyl (C=O) groups is 2. The fourth-order valence-electron chi connectivity index (χ4n) is 3.83. The number of para-hydroxylation sites is 1. The second kappa shape index (κ2) is 13.6. The highest BCUT2D eigenvalue weighted by Crippen LogP contribution is 2.47. The quantitative estimate of drug-likeness (QED) is 0.225. The third kappa shape index (κ3) is 8.41. The van der Waals surface area contributed by atoms with E-state index in [1.165, 1.54) is 32.2 Å². The summed E-state index contributed by atoms with van der Waals surface area (Å²) in [5, 5.41) is 15.6. The zero-order valence-electron chi connectivity index (χ0n) is 23.2. The molecule has 1 aliphatic rings. The lowest BCUT2D eigenvalue weighted by Gasteiger charge is -2.25. The van der Waals surface area contributed by atoms with Crippen molar-refractivity contribution >= 4 is 25.4 Å². The van der Waals surface area contributed by atoms with Crippen LogP contribution >= 0.6 is 7.75 Å². The number of ether oxygens (including phenoxy) is 3. The van der Waals surface area contributed by atoms with E-state index in [1.54, 1.807) is 32.0 Å². The van der Waals surface area contributed by atoms with E-state index in [4.69, 9.17) is 23.3 Å². The molecular weight excluding hydrogens is 566 g/mol. The molecule has 1 saturated heterocycles. The number of aliphatic hydroxyl groups is 1. The Balaban J connectivity index is 1.78. The van der Waals surface area contributed by atoms with Crippen molar-refractivity contribution in [2.75, 3.05) is 25.6 Å². The van der Waals surface area contributed by atoms with E-state index in [0.29, 0.717) is 0 Å². The van der Waals surface area contributed by atoms with E-state index >= 15 is 4.39 Å². The minimum Gasteiger partial charge on any atom is -0.462 e. The third-order valence-electron chi connectivity index (χ3n) is 5.78. The van der Waals surface area contributed by atoms with Gasteiger partial charge in [0.15, 0.2) is 11.9 Å². The third-order valence-corrected chi connectivity index (χ3v) is 7.42. The second-order valence-corrected chi connectivity index (χ2v) is 11.3. The fraction of sp³-hybridized carbons (Fsp3) is 0.520. The molecule has 2 aromatic rings. The molecule has 3 N–H and O–H groups in total. The van der Waals surface area contributed by atoms with Crippen LogP contribution in [0.3, 0.4) is 0 Å². The van der Waals surface area contributed by atoms with E-state index in [9.17, 15) is 24.1 Å². The van der Waals surface area contributed by atoms with Crippen molar-refractivity contribution in [3.05, 3.63) is 53.1 Å². The van der Waals surface area contributed by atoms with Crippen molar-refractivity contribution in [1.29, 1.82) is 0 Å². The van der Waals surface area contributed by atoms with Crippen molar-refractivity contribution in [3.8, 4) is 5.75 Å². The van der Waals surface area contributed by atoms with Gasteiger partial charge in [0.2, 0.25) is 0 Å². The number of anilines is 1. The first-order chi connectivity index (χ1) is 19.3. The van der Waals surface area contributed by atoms with Gasteiger partial charge in [0, 0.05) is 13.3 Å². The molecule has 41 heavy (non-hydrogen) atoms. The van der Waals surface area contributed by atoms with Gasteiger partial charge in [-0.05, 0) is 45.9 Å². The standard InChI is InChI=1S/C25H34FN4O10P/c1-15(2)38-22(33)16(3)29-41(35,40-17-9-7-6-8-10-17)37-13-18-21(32)25(4,26)23(39-18)30-12-11-19(28-24(30)34)27-20(31)14-36-5/h6-12,15-16,18,21,23,32H,13-14H2,1-5H3,(H,29,35)(H,27,28,31,34)/t16-,18+,21+,23+,25+,41-/m0/s1. The number of aromatic nitrogens is 2.